The van der Waals surface area contributed by atoms with Crippen LogP contribution in [0.1, 0.15) is 24.8 Å². The molecule has 2 aromatic carbocycles. The van der Waals surface area contributed by atoms with Gasteiger partial charge in [-0.1, -0.05) is 0 Å². The van der Waals surface area contributed by atoms with Crippen molar-refractivity contribution in [3.63, 3.8) is 0 Å². The highest BCUT2D eigenvalue weighted by Gasteiger charge is 2.23. The van der Waals surface area contributed by atoms with Crippen molar-refractivity contribution in [1.29, 1.82) is 0 Å². The fourth-order valence-corrected chi connectivity index (χ4v) is 1.69. The zero-order valence-corrected chi connectivity index (χ0v) is 12.9. The fourth-order valence-electron chi connectivity index (χ4n) is 1.69. The first kappa shape index (κ1) is 10.1. The van der Waals surface area contributed by atoms with Crippen LogP contribution in [0.25, 0.3) is 0 Å². The van der Waals surface area contributed by atoms with Crippen molar-refractivity contribution < 1.29 is 33.4 Å². The largest absolute Gasteiger partial charge is 0.281 e. The van der Waals surface area contributed by atoms with Gasteiger partial charge in [0.05, 0.1) is 48.4 Å². The predicted octanol–water partition coefficient (Wildman–Crippen LogP) is 4.35. The molecule has 0 bridgehead atoms. The van der Waals surface area contributed by atoms with Crippen LogP contribution in [0.3, 0.4) is 0 Å². The summed E-state index contributed by atoms with van der Waals surface area (Å²) < 4.78 is 76.6. The number of nitro groups is 4. The maximum Gasteiger partial charge on any atom is 0.281 e. The second-order valence-electron chi connectivity index (χ2n) is 4.57. The predicted molar refractivity (Wildman–Crippen MR) is 93.2 cm³/mol. The lowest BCUT2D eigenvalue weighted by molar-refractivity contribution is -0.394. The molecule has 28 heavy (non-hydrogen) atoms. The number of rotatable bonds is 6. The lowest BCUT2D eigenvalue weighted by atomic mass is 10.1. The Hall–Kier alpha value is -4.36. The molecule has 0 saturated heterocycles. The average Bonchev–Trinajstić information content (AvgIpc) is 2.70. The van der Waals surface area contributed by atoms with Gasteiger partial charge in [-0.05, 0) is 13.7 Å². The van der Waals surface area contributed by atoms with E-state index in [1.807, 2.05) is 0 Å². The molecule has 2 aromatic rings. The molecule has 0 radical (unpaired) electrons. The van der Waals surface area contributed by atoms with E-state index >= 15 is 0 Å². The normalized spacial score (nSPS) is 16.9. The zero-order chi connectivity index (χ0) is 29.7. The third-order valence-electron chi connectivity index (χ3n) is 2.87. The molecule has 2 rings (SSSR count). The minimum atomic E-state index is -3.60. The SMILES string of the molecule is [2H]c1c(N=Nc2c([2H])c([N+](=O)[O-])c([2H])c([N+](=O)[O-])c2C([2H])([2H])[2H])c(C([2H])([2H])[2H])c([N+](=O)[O-])c([2H])c1[N+](=O)[O-]. The fraction of sp³-hybridized carbons (Fsp3) is 0.143. The van der Waals surface area contributed by atoms with Crippen LogP contribution in [0.2, 0.25) is 0 Å². The second-order valence-corrected chi connectivity index (χ2v) is 4.57. The van der Waals surface area contributed by atoms with E-state index in [4.69, 9.17) is 13.7 Å². The van der Waals surface area contributed by atoms with Crippen LogP contribution in [-0.2, 0) is 0 Å². The first-order chi connectivity index (χ1) is 17.2. The lowest BCUT2D eigenvalue weighted by Gasteiger charge is -2.03. The highest BCUT2D eigenvalue weighted by Crippen LogP contribution is 2.37. The number of hydrogen-bond acceptors (Lipinski definition) is 10. The molecule has 14 heteroatoms. The molecule has 0 saturated carbocycles. The van der Waals surface area contributed by atoms with Gasteiger partial charge >= 0.3 is 0 Å². The van der Waals surface area contributed by atoms with Gasteiger partial charge in [-0.25, -0.2) is 0 Å². The number of nitrogens with zero attached hydrogens (tertiary/aromatic N) is 6. The Morgan fingerprint density at radius 2 is 1.07 bits per heavy atom. The minimum absolute atomic E-state index is 1.45. The van der Waals surface area contributed by atoms with Gasteiger partial charge in [0.2, 0.25) is 0 Å². The maximum absolute atomic E-state index is 11.5. The Morgan fingerprint density at radius 1 is 0.714 bits per heavy atom. The number of hydrogen-bond donors (Lipinski definition) is 0. The standard InChI is InChI=1S/C14H10N6O8/c1-7-11(3-9(17(21)22)5-13(7)19(25)26)15-16-12-4-10(18(23)24)6-14(8(12)2)20(27)28/h3-6H,1-2H3/i1D3,2D3,3D,4D,5D,6D. The van der Waals surface area contributed by atoms with E-state index in [1.165, 1.54) is 0 Å². The van der Waals surface area contributed by atoms with Crippen LogP contribution in [0.4, 0.5) is 34.1 Å². The molecule has 144 valence electrons. The highest BCUT2D eigenvalue weighted by molar-refractivity contribution is 5.65. The smallest absolute Gasteiger partial charge is 0.258 e. The van der Waals surface area contributed by atoms with Crippen LogP contribution >= 0.6 is 0 Å². The highest BCUT2D eigenvalue weighted by atomic mass is 16.6. The zero-order valence-electron chi connectivity index (χ0n) is 22.9. The third-order valence-corrected chi connectivity index (χ3v) is 2.87. The molecule has 0 aromatic heterocycles. The van der Waals surface area contributed by atoms with E-state index < -0.39 is 103 Å². The van der Waals surface area contributed by atoms with Crippen molar-refractivity contribution in [2.24, 2.45) is 10.2 Å². The topological polar surface area (TPSA) is 197 Å². The molecule has 0 aliphatic carbocycles. The van der Waals surface area contributed by atoms with Crippen LogP contribution in [0.5, 0.6) is 0 Å². The van der Waals surface area contributed by atoms with Gasteiger partial charge in [-0.2, -0.15) is 0 Å². The lowest BCUT2D eigenvalue weighted by Crippen LogP contribution is -1.96. The summed E-state index contributed by atoms with van der Waals surface area (Å²) in [5, 5.41) is 52.1. The molecule has 0 N–H and O–H groups in total. The number of azo groups is 1. The molecule has 0 amide bonds. The van der Waals surface area contributed by atoms with Gasteiger partial charge in [0.15, 0.2) is 0 Å². The van der Waals surface area contributed by atoms with E-state index in [0.29, 0.717) is 0 Å². The summed E-state index contributed by atoms with van der Waals surface area (Å²) in [5.41, 5.74) is -12.6. The van der Waals surface area contributed by atoms with Crippen molar-refractivity contribution in [2.75, 3.05) is 0 Å². The third kappa shape index (κ3) is 3.90. The van der Waals surface area contributed by atoms with E-state index in [2.05, 4.69) is 10.2 Å². The summed E-state index contributed by atoms with van der Waals surface area (Å²) >= 11 is 0. The van der Waals surface area contributed by atoms with E-state index in [1.54, 1.807) is 0 Å². The number of benzene rings is 2. The summed E-state index contributed by atoms with van der Waals surface area (Å²) in [6, 6.07) is -6.24. The van der Waals surface area contributed by atoms with Crippen molar-refractivity contribution in [2.45, 2.75) is 13.7 Å². The molecule has 0 aliphatic rings. The molecule has 0 heterocycles. The Kier molecular flexibility index (Phi) is 2.70. The quantitative estimate of drug-likeness (QED) is 0.387. The first-order valence-electron chi connectivity index (χ1n) is 11.5. The molecule has 14 nitrogen and oxygen atoms in total. The van der Waals surface area contributed by atoms with Crippen molar-refractivity contribution in [3.05, 3.63) is 75.8 Å². The Labute approximate surface area is 168 Å². The summed E-state index contributed by atoms with van der Waals surface area (Å²) in [6.45, 7) is -7.20. The first-order valence-corrected chi connectivity index (χ1v) is 6.50. The Bertz CT molecular complexity index is 1350. The van der Waals surface area contributed by atoms with Crippen LogP contribution in [0.15, 0.2) is 34.4 Å². The van der Waals surface area contributed by atoms with Gasteiger partial charge in [0.25, 0.3) is 22.7 Å². The molecular weight excluding hydrogens is 380 g/mol. The van der Waals surface area contributed by atoms with Gasteiger partial charge in [0.1, 0.15) is 11.4 Å². The van der Waals surface area contributed by atoms with Crippen LogP contribution in [0, 0.1) is 54.2 Å². The molecular formula is C14H10N6O8. The van der Waals surface area contributed by atoms with Crippen LogP contribution in [-0.4, -0.2) is 19.7 Å². The molecule has 0 aliphatic heterocycles. The van der Waals surface area contributed by atoms with Crippen LogP contribution < -0.4 is 0 Å². The molecule has 0 unspecified atom stereocenters. The Balaban J connectivity index is 3.23. The Morgan fingerprint density at radius 3 is 1.32 bits per heavy atom. The maximum atomic E-state index is 11.5. The monoisotopic (exact) mass is 400 g/mol. The van der Waals surface area contributed by atoms with Crippen molar-refractivity contribution in [1.82, 2.24) is 0 Å². The van der Waals surface area contributed by atoms with Gasteiger partial charge in [-0.3, -0.25) is 40.5 Å². The van der Waals surface area contributed by atoms with Gasteiger partial charge in [0, 0.05) is 20.3 Å². The molecule has 0 spiro atoms. The number of nitro benzene ring substituents is 4. The van der Waals surface area contributed by atoms with Gasteiger partial charge in [-0.15, -0.1) is 10.2 Å². The summed E-state index contributed by atoms with van der Waals surface area (Å²) in [5.74, 6) is 0. The average molecular weight is 400 g/mol. The minimum Gasteiger partial charge on any atom is -0.258 e. The second kappa shape index (κ2) is 7.48. The summed E-state index contributed by atoms with van der Waals surface area (Å²) in [6.07, 6.45) is 0. The van der Waals surface area contributed by atoms with Gasteiger partial charge < -0.3 is 0 Å². The molecule has 0 atom stereocenters. The van der Waals surface area contributed by atoms with Crippen molar-refractivity contribution in [3.8, 4) is 0 Å². The van der Waals surface area contributed by atoms with E-state index in [0.717, 1.165) is 0 Å². The molecule has 0 fully saturated rings. The summed E-state index contributed by atoms with van der Waals surface area (Å²) in [4.78, 5) is 39.9. The van der Waals surface area contributed by atoms with E-state index in [9.17, 15) is 40.5 Å². The summed E-state index contributed by atoms with van der Waals surface area (Å²) in [7, 11) is 0. The van der Waals surface area contributed by atoms with Crippen molar-refractivity contribution >= 4 is 34.1 Å². The van der Waals surface area contributed by atoms with E-state index in [-0.39, 0.29) is 0 Å².